The zero-order chi connectivity index (χ0) is 13.9. The highest BCUT2D eigenvalue weighted by Crippen LogP contribution is 2.33. The van der Waals surface area contributed by atoms with Gasteiger partial charge in [-0.15, -0.1) is 0 Å². The molecule has 1 aromatic rings. The van der Waals surface area contributed by atoms with Crippen molar-refractivity contribution in [3.8, 4) is 0 Å². The van der Waals surface area contributed by atoms with E-state index < -0.39 is 0 Å². The van der Waals surface area contributed by atoms with Crippen molar-refractivity contribution in [1.29, 1.82) is 0 Å². The third kappa shape index (κ3) is 3.37. The van der Waals surface area contributed by atoms with E-state index in [1.807, 2.05) is 0 Å². The van der Waals surface area contributed by atoms with Crippen LogP contribution in [0.1, 0.15) is 44.1 Å². The zero-order valence-electron chi connectivity index (χ0n) is 12.3. The Morgan fingerprint density at radius 2 is 1.95 bits per heavy atom. The molecule has 0 aromatic heterocycles. The van der Waals surface area contributed by atoms with E-state index in [1.54, 1.807) is 0 Å². The molecule has 1 aliphatic carbocycles. The molecule has 0 spiro atoms. The molecule has 0 amide bonds. The van der Waals surface area contributed by atoms with Crippen LogP contribution in [-0.4, -0.2) is 18.6 Å². The molecule has 0 bridgehead atoms. The highest BCUT2D eigenvalue weighted by molar-refractivity contribution is 9.10. The number of aryl methyl sites for hydroxylation is 1. The molecule has 3 atom stereocenters. The lowest BCUT2D eigenvalue weighted by molar-refractivity contribution is 0.263. The van der Waals surface area contributed by atoms with E-state index in [0.29, 0.717) is 6.04 Å². The van der Waals surface area contributed by atoms with Crippen molar-refractivity contribution >= 4 is 21.6 Å². The Morgan fingerprint density at radius 3 is 2.70 bits per heavy atom. The number of halogens is 1. The summed E-state index contributed by atoms with van der Waals surface area (Å²) in [6.07, 6.45) is 8.17. The van der Waals surface area contributed by atoms with Gasteiger partial charge in [-0.05, 0) is 68.8 Å². The third-order valence-electron chi connectivity index (χ3n) is 4.83. The van der Waals surface area contributed by atoms with Gasteiger partial charge in [0.2, 0.25) is 0 Å². The van der Waals surface area contributed by atoms with Crippen molar-refractivity contribution in [1.82, 2.24) is 5.32 Å². The molecule has 0 radical (unpaired) electrons. The maximum atomic E-state index is 3.82. The fraction of sp³-hybridized carbons (Fsp3) is 0.647. The molecule has 1 aromatic carbocycles. The Hall–Kier alpha value is -0.540. The van der Waals surface area contributed by atoms with Gasteiger partial charge in [-0.1, -0.05) is 28.8 Å². The van der Waals surface area contributed by atoms with Crippen LogP contribution in [0.2, 0.25) is 0 Å². The average Bonchev–Trinajstić information content (AvgIpc) is 2.92. The van der Waals surface area contributed by atoms with Gasteiger partial charge >= 0.3 is 0 Å². The van der Waals surface area contributed by atoms with Crippen LogP contribution in [0.5, 0.6) is 0 Å². The van der Waals surface area contributed by atoms with Gasteiger partial charge in [-0.2, -0.15) is 0 Å². The first-order chi connectivity index (χ1) is 9.72. The summed E-state index contributed by atoms with van der Waals surface area (Å²) in [5, 5.41) is 7.54. The van der Waals surface area contributed by atoms with Crippen molar-refractivity contribution in [2.45, 2.75) is 57.5 Å². The minimum atomic E-state index is 0.632. The van der Waals surface area contributed by atoms with Crippen molar-refractivity contribution in [3.63, 3.8) is 0 Å². The Balaban J connectivity index is 1.72. The second-order valence-electron chi connectivity index (χ2n) is 6.42. The normalized spacial score (nSPS) is 30.4. The molecule has 3 rings (SSSR count). The van der Waals surface area contributed by atoms with E-state index in [1.165, 1.54) is 60.8 Å². The molecular weight excluding hydrogens is 312 g/mol. The number of rotatable bonds is 3. The quantitative estimate of drug-likeness (QED) is 0.850. The summed E-state index contributed by atoms with van der Waals surface area (Å²) in [5.74, 6) is 0.797. The number of benzene rings is 1. The maximum absolute atomic E-state index is 3.82. The lowest BCUT2D eigenvalue weighted by Gasteiger charge is -2.37. The molecule has 1 saturated carbocycles. The minimum absolute atomic E-state index is 0.632. The van der Waals surface area contributed by atoms with Crippen LogP contribution in [-0.2, 0) is 0 Å². The Labute approximate surface area is 130 Å². The predicted molar refractivity (Wildman–Crippen MR) is 89.3 cm³/mol. The molecule has 2 aliphatic rings. The molecule has 1 heterocycles. The van der Waals surface area contributed by atoms with E-state index in [2.05, 4.69) is 51.7 Å². The molecular formula is C17H25BrN2. The number of anilines is 1. The first kappa shape index (κ1) is 14.4. The molecule has 2 nitrogen and oxygen atoms in total. The van der Waals surface area contributed by atoms with Crippen LogP contribution in [0.25, 0.3) is 0 Å². The first-order valence-corrected chi connectivity index (χ1v) is 8.79. The third-order valence-corrected chi connectivity index (χ3v) is 5.29. The second kappa shape index (κ2) is 6.48. The maximum Gasteiger partial charge on any atom is 0.0356 e. The number of hydrogen-bond donors (Lipinski definition) is 2. The predicted octanol–water partition coefficient (Wildman–Crippen LogP) is 4.48. The summed E-state index contributed by atoms with van der Waals surface area (Å²) in [4.78, 5) is 0. The van der Waals surface area contributed by atoms with Crippen LogP contribution >= 0.6 is 15.9 Å². The van der Waals surface area contributed by atoms with Crippen LogP contribution in [0, 0.1) is 12.8 Å². The Morgan fingerprint density at radius 1 is 1.10 bits per heavy atom. The van der Waals surface area contributed by atoms with Gasteiger partial charge in [0.15, 0.2) is 0 Å². The smallest absolute Gasteiger partial charge is 0.0356 e. The van der Waals surface area contributed by atoms with Gasteiger partial charge < -0.3 is 10.6 Å². The van der Waals surface area contributed by atoms with E-state index in [0.717, 1.165) is 12.0 Å². The Kier molecular flexibility index (Phi) is 4.67. The van der Waals surface area contributed by atoms with Gasteiger partial charge in [-0.3, -0.25) is 0 Å². The minimum Gasteiger partial charge on any atom is -0.382 e. The standard InChI is InChI=1S/C17H25BrN2/c1-12-9-13(18)11-14(10-12)20-17-6-3-2-5-15(17)16-7-4-8-19-16/h9-11,15-17,19-20H,2-8H2,1H3. The van der Waals surface area contributed by atoms with Crippen molar-refractivity contribution in [3.05, 3.63) is 28.2 Å². The van der Waals surface area contributed by atoms with Gasteiger partial charge in [0, 0.05) is 22.2 Å². The molecule has 3 unspecified atom stereocenters. The molecule has 1 aliphatic heterocycles. The van der Waals surface area contributed by atoms with Gasteiger partial charge in [0.05, 0.1) is 0 Å². The van der Waals surface area contributed by atoms with Crippen LogP contribution < -0.4 is 10.6 Å². The highest BCUT2D eigenvalue weighted by Gasteiger charge is 2.33. The van der Waals surface area contributed by atoms with Crippen molar-refractivity contribution in [2.75, 3.05) is 11.9 Å². The largest absolute Gasteiger partial charge is 0.382 e. The number of nitrogens with one attached hydrogen (secondary N) is 2. The summed E-state index contributed by atoms with van der Waals surface area (Å²) >= 11 is 3.61. The molecule has 1 saturated heterocycles. The molecule has 2 N–H and O–H groups in total. The molecule has 20 heavy (non-hydrogen) atoms. The molecule has 3 heteroatoms. The average molecular weight is 337 g/mol. The lowest BCUT2D eigenvalue weighted by atomic mass is 9.79. The lowest BCUT2D eigenvalue weighted by Crippen LogP contribution is -2.43. The fourth-order valence-electron chi connectivity index (χ4n) is 3.93. The van der Waals surface area contributed by atoms with Crippen molar-refractivity contribution < 1.29 is 0 Å². The number of hydrogen-bond acceptors (Lipinski definition) is 2. The van der Waals surface area contributed by atoms with E-state index >= 15 is 0 Å². The van der Waals surface area contributed by atoms with Crippen LogP contribution in [0.15, 0.2) is 22.7 Å². The van der Waals surface area contributed by atoms with Crippen molar-refractivity contribution in [2.24, 2.45) is 5.92 Å². The van der Waals surface area contributed by atoms with Gasteiger partial charge in [0.25, 0.3) is 0 Å². The molecule has 2 fully saturated rings. The summed E-state index contributed by atoms with van der Waals surface area (Å²) in [6, 6.07) is 8.01. The summed E-state index contributed by atoms with van der Waals surface area (Å²) in [7, 11) is 0. The first-order valence-electron chi connectivity index (χ1n) is 7.99. The van der Waals surface area contributed by atoms with E-state index in [4.69, 9.17) is 0 Å². The second-order valence-corrected chi connectivity index (χ2v) is 7.33. The zero-order valence-corrected chi connectivity index (χ0v) is 13.9. The van der Waals surface area contributed by atoms with Crippen LogP contribution in [0.3, 0.4) is 0 Å². The highest BCUT2D eigenvalue weighted by atomic mass is 79.9. The van der Waals surface area contributed by atoms with E-state index in [-0.39, 0.29) is 0 Å². The van der Waals surface area contributed by atoms with Crippen LogP contribution in [0.4, 0.5) is 5.69 Å². The summed E-state index contributed by atoms with van der Waals surface area (Å²) < 4.78 is 1.17. The SMILES string of the molecule is Cc1cc(Br)cc(NC2CCCCC2C2CCCN2)c1. The molecule has 110 valence electrons. The summed E-state index contributed by atoms with van der Waals surface area (Å²) in [6.45, 7) is 3.37. The topological polar surface area (TPSA) is 24.1 Å². The monoisotopic (exact) mass is 336 g/mol. The Bertz CT molecular complexity index is 434. The fourth-order valence-corrected chi connectivity index (χ4v) is 4.54. The van der Waals surface area contributed by atoms with E-state index in [9.17, 15) is 0 Å². The van der Waals surface area contributed by atoms with Gasteiger partial charge in [-0.25, -0.2) is 0 Å². The summed E-state index contributed by atoms with van der Waals surface area (Å²) in [5.41, 5.74) is 2.58. The van der Waals surface area contributed by atoms with Gasteiger partial charge in [0.1, 0.15) is 0 Å².